The number of amides is 1. The molecule has 0 bridgehead atoms. The molecular weight excluding hydrogens is 434 g/mol. The van der Waals surface area contributed by atoms with Crippen molar-refractivity contribution in [1.82, 2.24) is 19.4 Å². The van der Waals surface area contributed by atoms with E-state index in [2.05, 4.69) is 16.0 Å². The van der Waals surface area contributed by atoms with Crippen LogP contribution in [0.5, 0.6) is 0 Å². The minimum atomic E-state index is -0.400. The number of nitrogens with zero attached hydrogens (tertiary/aromatic N) is 4. The Morgan fingerprint density at radius 2 is 1.74 bits per heavy atom. The van der Waals surface area contributed by atoms with Gasteiger partial charge in [-0.3, -0.25) is 4.79 Å². The zero-order valence-electron chi connectivity index (χ0n) is 19.4. The van der Waals surface area contributed by atoms with Crippen LogP contribution in [0.3, 0.4) is 0 Å². The molecule has 1 amide bonds. The quantitative estimate of drug-likeness (QED) is 0.333. The first-order chi connectivity index (χ1) is 17.2. The van der Waals surface area contributed by atoms with Crippen LogP contribution in [0, 0.1) is 11.3 Å². The van der Waals surface area contributed by atoms with Gasteiger partial charge < -0.3 is 14.5 Å². The third-order valence-electron chi connectivity index (χ3n) is 6.20. The number of nitriles is 1. The van der Waals surface area contributed by atoms with E-state index in [4.69, 9.17) is 10.2 Å². The molecule has 35 heavy (non-hydrogen) atoms. The van der Waals surface area contributed by atoms with Crippen molar-refractivity contribution in [2.75, 3.05) is 0 Å². The van der Waals surface area contributed by atoms with E-state index in [9.17, 15) is 4.79 Å². The van der Waals surface area contributed by atoms with Gasteiger partial charge in [-0.25, -0.2) is 4.98 Å². The third-order valence-corrected chi connectivity index (χ3v) is 6.20. The maximum Gasteiger partial charge on any atom is 0.244 e. The minimum Gasteiger partial charge on any atom is -0.346 e. The lowest BCUT2D eigenvalue weighted by Crippen LogP contribution is -2.29. The molecule has 5 rings (SSSR count). The standard InChI is InChI=1S/C29H25N5O/c1-33-26-15-8-6-13-24(26)31-29(33)28(21-10-3-2-4-11-21)32-27(35)17-16-22-20-34(19-9-18-30)25-14-7-5-12-23(22)25/h2-8,10-17,20,28H,9,19H2,1H3,(H,32,35)/b17-16+. The Morgan fingerprint density at radius 1 is 1.03 bits per heavy atom. The summed E-state index contributed by atoms with van der Waals surface area (Å²) < 4.78 is 4.09. The van der Waals surface area contributed by atoms with E-state index >= 15 is 0 Å². The number of rotatable bonds is 7. The van der Waals surface area contributed by atoms with Crippen molar-refractivity contribution >= 4 is 33.9 Å². The first-order valence-electron chi connectivity index (χ1n) is 11.6. The molecule has 0 aliphatic carbocycles. The van der Waals surface area contributed by atoms with Crippen LogP contribution >= 0.6 is 0 Å². The fourth-order valence-electron chi connectivity index (χ4n) is 4.48. The Labute approximate surface area is 203 Å². The van der Waals surface area contributed by atoms with Crippen LogP contribution in [0.2, 0.25) is 0 Å². The van der Waals surface area contributed by atoms with Crippen LogP contribution in [0.15, 0.2) is 91.1 Å². The molecule has 172 valence electrons. The zero-order valence-corrected chi connectivity index (χ0v) is 19.4. The van der Waals surface area contributed by atoms with E-state index in [-0.39, 0.29) is 5.91 Å². The number of aromatic nitrogens is 3. The zero-order chi connectivity index (χ0) is 24.2. The van der Waals surface area contributed by atoms with Gasteiger partial charge in [0.15, 0.2) is 0 Å². The lowest BCUT2D eigenvalue weighted by molar-refractivity contribution is -0.117. The number of carbonyl (C=O) groups excluding carboxylic acids is 1. The number of nitrogens with one attached hydrogen (secondary N) is 1. The van der Waals surface area contributed by atoms with E-state index < -0.39 is 6.04 Å². The number of hydrogen-bond acceptors (Lipinski definition) is 3. The van der Waals surface area contributed by atoms with Crippen LogP contribution in [-0.2, 0) is 18.4 Å². The predicted molar refractivity (Wildman–Crippen MR) is 138 cm³/mol. The van der Waals surface area contributed by atoms with Gasteiger partial charge in [0, 0.05) is 42.3 Å². The largest absolute Gasteiger partial charge is 0.346 e. The highest BCUT2D eigenvalue weighted by Gasteiger charge is 2.22. The molecule has 2 heterocycles. The molecule has 1 atom stereocenters. The summed E-state index contributed by atoms with van der Waals surface area (Å²) in [5.41, 5.74) is 4.84. The molecule has 1 unspecified atom stereocenters. The number of fused-ring (bicyclic) bond motifs is 2. The van der Waals surface area contributed by atoms with Gasteiger partial charge >= 0.3 is 0 Å². The van der Waals surface area contributed by atoms with Gasteiger partial charge in [-0.2, -0.15) is 5.26 Å². The number of aryl methyl sites for hydroxylation is 2. The molecule has 1 N–H and O–H groups in total. The van der Waals surface area contributed by atoms with Crippen LogP contribution in [0.25, 0.3) is 28.0 Å². The van der Waals surface area contributed by atoms with E-state index in [1.165, 1.54) is 0 Å². The van der Waals surface area contributed by atoms with Gasteiger partial charge in [0.05, 0.1) is 23.5 Å². The highest BCUT2D eigenvalue weighted by Crippen LogP contribution is 2.26. The maximum absolute atomic E-state index is 13.1. The summed E-state index contributed by atoms with van der Waals surface area (Å²) in [4.78, 5) is 18.0. The van der Waals surface area contributed by atoms with Gasteiger partial charge in [-0.05, 0) is 29.8 Å². The number of hydrogen-bond donors (Lipinski definition) is 1. The van der Waals surface area contributed by atoms with Gasteiger partial charge in [-0.15, -0.1) is 0 Å². The van der Waals surface area contributed by atoms with Crippen LogP contribution in [0.4, 0.5) is 0 Å². The van der Waals surface area contributed by atoms with E-state index in [1.54, 1.807) is 6.08 Å². The van der Waals surface area contributed by atoms with Crippen LogP contribution in [-0.4, -0.2) is 20.0 Å². The van der Waals surface area contributed by atoms with E-state index in [0.29, 0.717) is 13.0 Å². The molecule has 2 aromatic heterocycles. The molecule has 0 saturated carbocycles. The summed E-state index contributed by atoms with van der Waals surface area (Å²) in [6.07, 6.45) is 5.82. The second kappa shape index (κ2) is 9.70. The monoisotopic (exact) mass is 459 g/mol. The van der Waals surface area contributed by atoms with Gasteiger partial charge in [0.25, 0.3) is 0 Å². The molecule has 6 nitrogen and oxygen atoms in total. The van der Waals surface area contributed by atoms with Crippen molar-refractivity contribution in [3.63, 3.8) is 0 Å². The second-order valence-corrected chi connectivity index (χ2v) is 8.41. The van der Waals surface area contributed by atoms with Gasteiger partial charge in [0.2, 0.25) is 5.91 Å². The summed E-state index contributed by atoms with van der Waals surface area (Å²) in [6, 6.07) is 27.6. The van der Waals surface area contributed by atoms with E-state index in [1.807, 2.05) is 103 Å². The smallest absolute Gasteiger partial charge is 0.244 e. The molecular formula is C29H25N5O. The summed E-state index contributed by atoms with van der Waals surface area (Å²) in [6.45, 7) is 0.611. The number of benzene rings is 3. The maximum atomic E-state index is 13.1. The normalized spacial score (nSPS) is 12.2. The van der Waals surface area contributed by atoms with Crippen LogP contribution < -0.4 is 5.32 Å². The van der Waals surface area contributed by atoms with Crippen molar-refractivity contribution < 1.29 is 4.79 Å². The number of carbonyl (C=O) groups is 1. The topological polar surface area (TPSA) is 75.6 Å². The average Bonchev–Trinajstić information content (AvgIpc) is 3.43. The average molecular weight is 460 g/mol. The lowest BCUT2D eigenvalue weighted by Gasteiger charge is -2.18. The fourth-order valence-corrected chi connectivity index (χ4v) is 4.48. The molecule has 0 saturated heterocycles. The predicted octanol–water partition coefficient (Wildman–Crippen LogP) is 5.36. The molecule has 0 aliphatic heterocycles. The highest BCUT2D eigenvalue weighted by molar-refractivity contribution is 5.96. The van der Waals surface area contributed by atoms with Crippen molar-refractivity contribution in [3.8, 4) is 6.07 Å². The Bertz CT molecular complexity index is 1570. The summed E-state index contributed by atoms with van der Waals surface area (Å²) in [5.74, 6) is 0.562. The molecule has 0 radical (unpaired) electrons. The minimum absolute atomic E-state index is 0.209. The van der Waals surface area contributed by atoms with Crippen molar-refractivity contribution in [2.45, 2.75) is 19.0 Å². The second-order valence-electron chi connectivity index (χ2n) is 8.41. The van der Waals surface area contributed by atoms with Crippen molar-refractivity contribution in [1.29, 1.82) is 5.26 Å². The molecule has 6 heteroatoms. The highest BCUT2D eigenvalue weighted by atomic mass is 16.1. The Hall–Kier alpha value is -4.63. The number of para-hydroxylation sites is 3. The van der Waals surface area contributed by atoms with Gasteiger partial charge in [-0.1, -0.05) is 60.7 Å². The Morgan fingerprint density at radius 3 is 2.51 bits per heavy atom. The number of imidazole rings is 1. The molecule has 5 aromatic rings. The summed E-state index contributed by atoms with van der Waals surface area (Å²) in [7, 11) is 1.97. The summed E-state index contributed by atoms with van der Waals surface area (Å²) in [5, 5.41) is 13.2. The molecule has 3 aromatic carbocycles. The van der Waals surface area contributed by atoms with E-state index in [0.717, 1.165) is 38.9 Å². The molecule has 0 aliphatic rings. The third kappa shape index (κ3) is 4.44. The molecule has 0 fully saturated rings. The van der Waals surface area contributed by atoms with Crippen molar-refractivity contribution in [3.05, 3.63) is 108 Å². The first-order valence-corrected chi connectivity index (χ1v) is 11.6. The van der Waals surface area contributed by atoms with Crippen LogP contribution in [0.1, 0.15) is 29.4 Å². The summed E-state index contributed by atoms with van der Waals surface area (Å²) >= 11 is 0. The van der Waals surface area contributed by atoms with Crippen molar-refractivity contribution in [2.24, 2.45) is 7.05 Å². The Balaban J connectivity index is 1.46. The molecule has 0 spiro atoms. The first kappa shape index (κ1) is 22.2. The lowest BCUT2D eigenvalue weighted by atomic mass is 10.1. The fraction of sp³-hybridized carbons (Fsp3) is 0.138. The Kier molecular flexibility index (Phi) is 6.15. The SMILES string of the molecule is Cn1c(C(NC(=O)/C=C/c2cn(CCC#N)c3ccccc23)c2ccccc2)nc2ccccc21. The van der Waals surface area contributed by atoms with Gasteiger partial charge in [0.1, 0.15) is 11.9 Å².